The minimum absolute atomic E-state index is 0.00889. The number of carboxylic acids is 1. The molecule has 0 aliphatic heterocycles. The van der Waals surface area contributed by atoms with Gasteiger partial charge in [-0.1, -0.05) is 11.6 Å². The van der Waals surface area contributed by atoms with Crippen LogP contribution in [0.4, 0.5) is 14.6 Å². The minimum atomic E-state index is -2.89. The second-order valence-electron chi connectivity index (χ2n) is 3.15. The van der Waals surface area contributed by atoms with Gasteiger partial charge in [0.25, 0.3) is 6.43 Å². The lowest BCUT2D eigenvalue weighted by atomic mass is 10.2. The molecule has 1 heterocycles. The molecule has 1 rings (SSSR count). The Morgan fingerprint density at radius 3 is 2.71 bits per heavy atom. The lowest BCUT2D eigenvalue weighted by Gasteiger charge is -2.11. The first-order valence-electron chi connectivity index (χ1n) is 4.51. The van der Waals surface area contributed by atoms with Crippen LogP contribution in [0.3, 0.4) is 0 Å². The highest BCUT2D eigenvalue weighted by molar-refractivity contribution is 6.29. The molecule has 5 nitrogen and oxygen atoms in total. The molecule has 0 fully saturated rings. The average Bonchev–Trinajstić information content (AvgIpc) is 2.24. The Kier molecular flexibility index (Phi) is 4.59. The van der Waals surface area contributed by atoms with E-state index < -0.39 is 25.0 Å². The molecule has 1 aromatic heterocycles. The summed E-state index contributed by atoms with van der Waals surface area (Å²) in [6.45, 7) is -0.454. The van der Waals surface area contributed by atoms with E-state index in [9.17, 15) is 13.6 Å². The van der Waals surface area contributed by atoms with Gasteiger partial charge in [0.2, 0.25) is 0 Å². The van der Waals surface area contributed by atoms with Crippen LogP contribution in [-0.4, -0.2) is 40.2 Å². The van der Waals surface area contributed by atoms with Crippen molar-refractivity contribution < 1.29 is 23.8 Å². The standard InChI is InChI=1S/C9H9ClF2N2O3/c10-6-1-4(9(16)17)2-7(14-6)13-3-5(15)8(11)12/h1-2,5,8,15H,3H2,(H,13,14)(H,16,17). The Labute approximate surface area is 100 Å². The Bertz CT molecular complexity index is 417. The van der Waals surface area contributed by atoms with Gasteiger partial charge in [-0.15, -0.1) is 0 Å². The van der Waals surface area contributed by atoms with Gasteiger partial charge >= 0.3 is 5.97 Å². The summed E-state index contributed by atoms with van der Waals surface area (Å²) in [6, 6.07) is 2.25. The van der Waals surface area contributed by atoms with Crippen LogP contribution in [0, 0.1) is 0 Å². The number of nitrogens with one attached hydrogen (secondary N) is 1. The summed E-state index contributed by atoms with van der Waals surface area (Å²) in [7, 11) is 0. The lowest BCUT2D eigenvalue weighted by molar-refractivity contribution is 0.00380. The number of aliphatic hydroxyl groups excluding tert-OH is 1. The van der Waals surface area contributed by atoms with Crippen molar-refractivity contribution in [2.24, 2.45) is 0 Å². The van der Waals surface area contributed by atoms with Gasteiger partial charge in [-0.2, -0.15) is 0 Å². The van der Waals surface area contributed by atoms with Crippen LogP contribution < -0.4 is 5.32 Å². The minimum Gasteiger partial charge on any atom is -0.478 e. The maximum atomic E-state index is 12.0. The van der Waals surface area contributed by atoms with Gasteiger partial charge in [0.15, 0.2) is 0 Å². The maximum absolute atomic E-state index is 12.0. The van der Waals surface area contributed by atoms with Gasteiger partial charge in [-0.3, -0.25) is 0 Å². The van der Waals surface area contributed by atoms with Gasteiger partial charge < -0.3 is 15.5 Å². The van der Waals surface area contributed by atoms with Gasteiger partial charge in [0, 0.05) is 6.54 Å². The highest BCUT2D eigenvalue weighted by atomic mass is 35.5. The second kappa shape index (κ2) is 5.74. The van der Waals surface area contributed by atoms with Gasteiger partial charge in [0.1, 0.15) is 17.1 Å². The fraction of sp³-hybridized carbons (Fsp3) is 0.333. The van der Waals surface area contributed by atoms with Crippen molar-refractivity contribution in [1.82, 2.24) is 4.98 Å². The van der Waals surface area contributed by atoms with E-state index in [1.165, 1.54) is 0 Å². The van der Waals surface area contributed by atoms with E-state index in [0.717, 1.165) is 12.1 Å². The Hall–Kier alpha value is -1.47. The number of hydrogen-bond acceptors (Lipinski definition) is 4. The molecular formula is C9H9ClF2N2O3. The first-order valence-corrected chi connectivity index (χ1v) is 4.89. The summed E-state index contributed by atoms with van der Waals surface area (Å²) in [5.41, 5.74) is -0.126. The predicted molar refractivity (Wildman–Crippen MR) is 56.7 cm³/mol. The Morgan fingerprint density at radius 2 is 2.18 bits per heavy atom. The van der Waals surface area contributed by atoms with E-state index in [2.05, 4.69) is 10.3 Å². The molecule has 1 unspecified atom stereocenters. The molecule has 0 aromatic carbocycles. The highest BCUT2D eigenvalue weighted by Crippen LogP contribution is 2.15. The molecule has 0 amide bonds. The van der Waals surface area contributed by atoms with Crippen molar-refractivity contribution in [1.29, 1.82) is 0 Å². The third-order valence-electron chi connectivity index (χ3n) is 1.82. The first kappa shape index (κ1) is 13.6. The summed E-state index contributed by atoms with van der Waals surface area (Å²) in [4.78, 5) is 14.4. The molecule has 94 valence electrons. The zero-order valence-electron chi connectivity index (χ0n) is 8.40. The SMILES string of the molecule is O=C(O)c1cc(Cl)nc(NCC(O)C(F)F)c1. The van der Waals surface area contributed by atoms with Crippen molar-refractivity contribution in [3.63, 3.8) is 0 Å². The number of nitrogens with zero attached hydrogens (tertiary/aromatic N) is 1. The number of halogens is 3. The fourth-order valence-corrected chi connectivity index (χ4v) is 1.22. The number of aromatic carboxylic acids is 1. The smallest absolute Gasteiger partial charge is 0.335 e. The number of carboxylic acid groups (broad SMARTS) is 1. The third-order valence-corrected chi connectivity index (χ3v) is 2.02. The summed E-state index contributed by atoms with van der Waals surface area (Å²) in [6.07, 6.45) is -4.75. The molecule has 0 saturated carbocycles. The Morgan fingerprint density at radius 1 is 1.53 bits per heavy atom. The average molecular weight is 267 g/mol. The van der Waals surface area contributed by atoms with Crippen molar-refractivity contribution >= 4 is 23.4 Å². The molecule has 3 N–H and O–H groups in total. The van der Waals surface area contributed by atoms with Gasteiger partial charge in [0.05, 0.1) is 5.56 Å². The van der Waals surface area contributed by atoms with Crippen molar-refractivity contribution in [3.8, 4) is 0 Å². The zero-order valence-corrected chi connectivity index (χ0v) is 9.16. The maximum Gasteiger partial charge on any atom is 0.335 e. The van der Waals surface area contributed by atoms with Gasteiger partial charge in [-0.05, 0) is 12.1 Å². The summed E-state index contributed by atoms with van der Waals surface area (Å²) in [5, 5.41) is 19.9. The van der Waals surface area contributed by atoms with E-state index in [1.54, 1.807) is 0 Å². The topological polar surface area (TPSA) is 82.5 Å². The third kappa shape index (κ3) is 4.12. The van der Waals surface area contributed by atoms with E-state index in [-0.39, 0.29) is 16.5 Å². The largest absolute Gasteiger partial charge is 0.478 e. The monoisotopic (exact) mass is 266 g/mol. The molecule has 17 heavy (non-hydrogen) atoms. The van der Waals surface area contributed by atoms with Crippen LogP contribution in [0.1, 0.15) is 10.4 Å². The van der Waals surface area contributed by atoms with Crippen molar-refractivity contribution in [2.45, 2.75) is 12.5 Å². The first-order chi connectivity index (χ1) is 7.90. The van der Waals surface area contributed by atoms with Gasteiger partial charge in [-0.25, -0.2) is 18.6 Å². The van der Waals surface area contributed by atoms with Crippen LogP contribution in [0.25, 0.3) is 0 Å². The molecule has 0 saturated heterocycles. The van der Waals surface area contributed by atoms with Crippen LogP contribution >= 0.6 is 11.6 Å². The number of hydrogen-bond donors (Lipinski definition) is 3. The van der Waals surface area contributed by atoms with E-state index in [4.69, 9.17) is 21.8 Å². The Balaban J connectivity index is 2.74. The molecular weight excluding hydrogens is 258 g/mol. The molecule has 8 heteroatoms. The predicted octanol–water partition coefficient (Wildman–Crippen LogP) is 1.47. The number of alkyl halides is 2. The molecule has 0 aliphatic rings. The summed E-state index contributed by atoms with van der Waals surface area (Å²) in [5.74, 6) is -1.21. The van der Waals surface area contributed by atoms with Crippen molar-refractivity contribution in [3.05, 3.63) is 22.8 Å². The van der Waals surface area contributed by atoms with Crippen LogP contribution in [0.15, 0.2) is 12.1 Å². The second-order valence-corrected chi connectivity index (χ2v) is 3.54. The number of pyridine rings is 1. The lowest BCUT2D eigenvalue weighted by Crippen LogP contribution is -2.27. The number of aromatic nitrogens is 1. The summed E-state index contributed by atoms with van der Waals surface area (Å²) < 4.78 is 24.0. The number of anilines is 1. The van der Waals surface area contributed by atoms with Crippen LogP contribution in [-0.2, 0) is 0 Å². The molecule has 0 spiro atoms. The molecule has 1 atom stereocenters. The number of aliphatic hydroxyl groups is 1. The summed E-state index contributed by atoms with van der Waals surface area (Å²) >= 11 is 5.55. The zero-order chi connectivity index (χ0) is 13.0. The van der Waals surface area contributed by atoms with Crippen molar-refractivity contribution in [2.75, 3.05) is 11.9 Å². The normalized spacial score (nSPS) is 12.5. The molecule has 0 bridgehead atoms. The number of rotatable bonds is 5. The molecule has 1 aromatic rings. The fourth-order valence-electron chi connectivity index (χ4n) is 1.01. The number of carbonyl (C=O) groups is 1. The quantitative estimate of drug-likeness (QED) is 0.703. The van der Waals surface area contributed by atoms with E-state index >= 15 is 0 Å². The van der Waals surface area contributed by atoms with Crippen LogP contribution in [0.2, 0.25) is 5.15 Å². The molecule has 0 radical (unpaired) electrons. The molecule has 0 aliphatic carbocycles. The van der Waals surface area contributed by atoms with E-state index in [1.807, 2.05) is 0 Å². The van der Waals surface area contributed by atoms with E-state index in [0.29, 0.717) is 0 Å². The highest BCUT2D eigenvalue weighted by Gasteiger charge is 2.16. The van der Waals surface area contributed by atoms with Crippen LogP contribution in [0.5, 0.6) is 0 Å².